The first kappa shape index (κ1) is 27.6. The molecule has 3 aliphatic rings. The van der Waals surface area contributed by atoms with Gasteiger partial charge in [0.1, 0.15) is 23.5 Å². The Bertz CT molecular complexity index is 1450. The van der Waals surface area contributed by atoms with Crippen molar-refractivity contribution in [1.82, 2.24) is 9.88 Å². The fourth-order valence-electron chi connectivity index (χ4n) is 6.59. The number of halogens is 2. The summed E-state index contributed by atoms with van der Waals surface area (Å²) in [5, 5.41) is 9.72. The maximum atomic E-state index is 16.5. The number of aryl methyl sites for hydroxylation is 1. The Kier molecular flexibility index (Phi) is 7.68. The molecule has 1 saturated heterocycles. The Morgan fingerprint density at radius 3 is 2.61 bits per heavy atom. The van der Waals surface area contributed by atoms with Crippen LogP contribution in [-0.4, -0.2) is 41.2 Å². The highest BCUT2D eigenvalue weighted by atomic mass is 19.1. The van der Waals surface area contributed by atoms with Crippen LogP contribution in [0.1, 0.15) is 73.3 Å². The van der Waals surface area contributed by atoms with Gasteiger partial charge in [-0.25, -0.2) is 13.8 Å². The summed E-state index contributed by atoms with van der Waals surface area (Å²) in [6.07, 6.45) is 6.12. The standard InChI is InChI=1S/C33H36F2N2O4/c1-19(33(38)39)31(21-6-7-21)22-8-5-20-9-12-28(41-29(20)15-22)24-11-10-23(25-16-30(40-2)36-17-27(25)34)26(32(24)35)18-37-13-3-4-14-37/h5,8,10-11,15-17,19,21,28,31H,3-4,6-7,9,12-14,18H2,1-2H3,(H,38,39)/t19-,28?,31-/m0/s1. The summed E-state index contributed by atoms with van der Waals surface area (Å²) in [5.74, 6) is -0.943. The minimum absolute atomic E-state index is 0.0721. The molecule has 1 unspecified atom stereocenters. The van der Waals surface area contributed by atoms with Crippen molar-refractivity contribution in [3.05, 3.63) is 76.5 Å². The molecular weight excluding hydrogens is 526 g/mol. The van der Waals surface area contributed by atoms with Crippen LogP contribution in [0, 0.1) is 23.5 Å². The maximum absolute atomic E-state index is 16.5. The van der Waals surface area contributed by atoms with Crippen LogP contribution in [0.25, 0.3) is 11.1 Å². The third-order valence-electron chi connectivity index (χ3n) is 9.01. The van der Waals surface area contributed by atoms with Crippen molar-refractivity contribution in [2.45, 2.75) is 64.0 Å². The molecular formula is C33H36F2N2O4. The van der Waals surface area contributed by atoms with E-state index in [4.69, 9.17) is 9.47 Å². The number of rotatable bonds is 9. The summed E-state index contributed by atoms with van der Waals surface area (Å²) >= 11 is 0. The number of benzene rings is 2. The van der Waals surface area contributed by atoms with Crippen LogP contribution < -0.4 is 9.47 Å². The fraction of sp³-hybridized carbons (Fsp3) is 0.455. The summed E-state index contributed by atoms with van der Waals surface area (Å²) in [6, 6.07) is 11.0. The molecule has 0 spiro atoms. The van der Waals surface area contributed by atoms with Crippen molar-refractivity contribution in [2.24, 2.45) is 11.8 Å². The topological polar surface area (TPSA) is 71.9 Å². The fourth-order valence-corrected chi connectivity index (χ4v) is 6.59. The van der Waals surface area contributed by atoms with Crippen LogP contribution >= 0.6 is 0 Å². The summed E-state index contributed by atoms with van der Waals surface area (Å²) < 4.78 is 43.2. The van der Waals surface area contributed by atoms with E-state index < -0.39 is 23.8 Å². The van der Waals surface area contributed by atoms with E-state index in [1.807, 2.05) is 18.2 Å². The van der Waals surface area contributed by atoms with E-state index in [1.54, 1.807) is 19.1 Å². The lowest BCUT2D eigenvalue weighted by Crippen LogP contribution is -2.23. The van der Waals surface area contributed by atoms with Gasteiger partial charge in [0.25, 0.3) is 0 Å². The molecule has 0 radical (unpaired) electrons. The van der Waals surface area contributed by atoms with Crippen LogP contribution in [0.15, 0.2) is 42.6 Å². The highest BCUT2D eigenvalue weighted by Crippen LogP contribution is 2.48. The second-order valence-corrected chi connectivity index (χ2v) is 11.7. The second kappa shape index (κ2) is 11.4. The molecule has 216 valence electrons. The Morgan fingerprint density at radius 2 is 1.90 bits per heavy atom. The number of carboxylic acid groups (broad SMARTS) is 1. The van der Waals surface area contributed by atoms with E-state index in [2.05, 4.69) is 9.88 Å². The van der Waals surface area contributed by atoms with E-state index in [0.717, 1.165) is 62.5 Å². The van der Waals surface area contributed by atoms with Gasteiger partial charge in [-0.05, 0) is 86.2 Å². The highest BCUT2D eigenvalue weighted by molar-refractivity contribution is 5.71. The molecule has 1 aliphatic carbocycles. The van der Waals surface area contributed by atoms with E-state index in [0.29, 0.717) is 41.3 Å². The first-order chi connectivity index (χ1) is 19.8. The van der Waals surface area contributed by atoms with Gasteiger partial charge in [-0.3, -0.25) is 9.69 Å². The van der Waals surface area contributed by atoms with Crippen molar-refractivity contribution in [3.63, 3.8) is 0 Å². The number of carbonyl (C=O) groups is 1. The Labute approximate surface area is 239 Å². The van der Waals surface area contributed by atoms with Crippen LogP contribution in [-0.2, 0) is 17.8 Å². The molecule has 6 rings (SSSR count). The Balaban J connectivity index is 1.35. The van der Waals surface area contributed by atoms with Crippen LogP contribution in [0.4, 0.5) is 8.78 Å². The summed E-state index contributed by atoms with van der Waals surface area (Å²) in [5.41, 5.74) is 3.67. The molecule has 3 aromatic rings. The number of hydrogen-bond donors (Lipinski definition) is 1. The molecule has 1 N–H and O–H groups in total. The zero-order chi connectivity index (χ0) is 28.7. The number of methoxy groups -OCH3 is 1. The average Bonchev–Trinajstić information content (AvgIpc) is 3.67. The molecule has 0 bridgehead atoms. The highest BCUT2D eigenvalue weighted by Gasteiger charge is 2.39. The average molecular weight is 563 g/mol. The zero-order valence-corrected chi connectivity index (χ0v) is 23.5. The molecule has 2 aromatic carbocycles. The molecule has 3 atom stereocenters. The van der Waals surface area contributed by atoms with E-state index in [9.17, 15) is 14.3 Å². The largest absolute Gasteiger partial charge is 0.485 e. The van der Waals surface area contributed by atoms with Gasteiger partial charge in [0.15, 0.2) is 0 Å². The zero-order valence-electron chi connectivity index (χ0n) is 23.5. The third kappa shape index (κ3) is 5.54. The SMILES string of the molecule is COc1cc(-c2ccc(C3CCc4ccc([C@H](C5CC5)[C@H](C)C(=O)O)cc4O3)c(F)c2CN2CCCC2)c(F)cn1. The van der Waals surface area contributed by atoms with Gasteiger partial charge in [0.2, 0.25) is 5.88 Å². The van der Waals surface area contributed by atoms with Crippen molar-refractivity contribution in [3.8, 4) is 22.8 Å². The summed E-state index contributed by atoms with van der Waals surface area (Å²) in [7, 11) is 1.47. The van der Waals surface area contributed by atoms with Gasteiger partial charge >= 0.3 is 5.97 Å². The monoisotopic (exact) mass is 562 g/mol. The molecule has 0 amide bonds. The molecule has 1 saturated carbocycles. The number of aliphatic carboxylic acids is 1. The van der Waals surface area contributed by atoms with Gasteiger partial charge < -0.3 is 14.6 Å². The predicted octanol–water partition coefficient (Wildman–Crippen LogP) is 6.91. The number of aromatic nitrogens is 1. The number of hydrogen-bond acceptors (Lipinski definition) is 5. The Hall–Kier alpha value is -3.52. The molecule has 3 heterocycles. The number of nitrogens with zero attached hydrogens (tertiary/aromatic N) is 2. The second-order valence-electron chi connectivity index (χ2n) is 11.7. The molecule has 2 fully saturated rings. The van der Waals surface area contributed by atoms with E-state index in [1.165, 1.54) is 13.2 Å². The lowest BCUT2D eigenvalue weighted by atomic mass is 9.82. The third-order valence-corrected chi connectivity index (χ3v) is 9.01. The number of likely N-dealkylation sites (tertiary alicyclic amines) is 1. The normalized spacial score (nSPS) is 20.2. The van der Waals surface area contributed by atoms with Gasteiger partial charge in [0, 0.05) is 29.3 Å². The van der Waals surface area contributed by atoms with Gasteiger partial charge in [0.05, 0.1) is 19.2 Å². The van der Waals surface area contributed by atoms with E-state index >= 15 is 4.39 Å². The van der Waals surface area contributed by atoms with Gasteiger partial charge in [-0.2, -0.15) is 0 Å². The van der Waals surface area contributed by atoms with Crippen LogP contribution in [0.3, 0.4) is 0 Å². The first-order valence-electron chi connectivity index (χ1n) is 14.6. The lowest BCUT2D eigenvalue weighted by Gasteiger charge is -2.30. The molecule has 41 heavy (non-hydrogen) atoms. The maximum Gasteiger partial charge on any atom is 0.306 e. The molecule has 6 nitrogen and oxygen atoms in total. The molecule has 8 heteroatoms. The van der Waals surface area contributed by atoms with Gasteiger partial charge in [-0.1, -0.05) is 31.2 Å². The van der Waals surface area contributed by atoms with Crippen LogP contribution in [0.5, 0.6) is 11.6 Å². The number of carboxylic acids is 1. The van der Waals surface area contributed by atoms with Crippen molar-refractivity contribution >= 4 is 5.97 Å². The number of pyridine rings is 1. The smallest absolute Gasteiger partial charge is 0.306 e. The van der Waals surface area contributed by atoms with Crippen molar-refractivity contribution < 1.29 is 28.2 Å². The van der Waals surface area contributed by atoms with Crippen molar-refractivity contribution in [1.29, 1.82) is 0 Å². The molecule has 2 aliphatic heterocycles. The summed E-state index contributed by atoms with van der Waals surface area (Å²) in [4.78, 5) is 18.0. The predicted molar refractivity (Wildman–Crippen MR) is 151 cm³/mol. The minimum atomic E-state index is -0.797. The van der Waals surface area contributed by atoms with Crippen LogP contribution in [0.2, 0.25) is 0 Å². The van der Waals surface area contributed by atoms with E-state index in [-0.39, 0.29) is 23.2 Å². The van der Waals surface area contributed by atoms with Crippen molar-refractivity contribution in [2.75, 3.05) is 20.2 Å². The first-order valence-corrected chi connectivity index (χ1v) is 14.6. The number of fused-ring (bicyclic) bond motifs is 1. The molecule has 1 aromatic heterocycles. The quantitative estimate of drug-likeness (QED) is 0.306. The minimum Gasteiger partial charge on any atom is -0.485 e. The number of ether oxygens (including phenoxy) is 2. The summed E-state index contributed by atoms with van der Waals surface area (Å²) in [6.45, 7) is 3.90. The lowest BCUT2D eigenvalue weighted by molar-refractivity contribution is -0.142. The van der Waals surface area contributed by atoms with Gasteiger partial charge in [-0.15, -0.1) is 0 Å². The Morgan fingerprint density at radius 1 is 1.12 bits per heavy atom.